The van der Waals surface area contributed by atoms with E-state index in [1.807, 2.05) is 24.3 Å². The average Bonchev–Trinajstić information content (AvgIpc) is 3.08. The summed E-state index contributed by atoms with van der Waals surface area (Å²) in [6.07, 6.45) is 3.15. The Kier molecular flexibility index (Phi) is 8.01. The Balaban J connectivity index is 1.54. The van der Waals surface area contributed by atoms with Crippen LogP contribution in [-0.4, -0.2) is 52.0 Å². The molecule has 1 fully saturated rings. The molecule has 0 radical (unpaired) electrons. The van der Waals surface area contributed by atoms with E-state index >= 15 is 0 Å². The highest BCUT2D eigenvalue weighted by molar-refractivity contribution is 5.79. The maximum absolute atomic E-state index is 5.78. The number of guanidine groups is 1. The Morgan fingerprint density at radius 3 is 2.72 bits per heavy atom. The lowest BCUT2D eigenvalue weighted by atomic mass is 10.0. The summed E-state index contributed by atoms with van der Waals surface area (Å²) in [4.78, 5) is 4.25. The van der Waals surface area contributed by atoms with Crippen molar-refractivity contribution in [3.63, 3.8) is 0 Å². The topological polar surface area (TPSA) is 64.1 Å². The first-order chi connectivity index (χ1) is 12.1. The van der Waals surface area contributed by atoms with Crippen LogP contribution in [-0.2, 0) is 16.1 Å². The summed E-state index contributed by atoms with van der Waals surface area (Å²) in [5.41, 5.74) is 1.08. The SMILES string of the molecule is CN=C(NCCCOCc1ccc(OC)cc1)NCC1(C)CCCO1. The summed E-state index contributed by atoms with van der Waals surface area (Å²) in [7, 11) is 3.45. The molecule has 0 aromatic heterocycles. The Labute approximate surface area is 151 Å². The van der Waals surface area contributed by atoms with E-state index in [0.29, 0.717) is 13.2 Å². The minimum atomic E-state index is -0.0703. The Bertz CT molecular complexity index is 525. The molecule has 1 aliphatic rings. The molecule has 6 heteroatoms. The van der Waals surface area contributed by atoms with E-state index in [-0.39, 0.29) is 5.60 Å². The lowest BCUT2D eigenvalue weighted by Crippen LogP contribution is -2.45. The average molecular weight is 349 g/mol. The summed E-state index contributed by atoms with van der Waals surface area (Å²) in [5.74, 6) is 1.68. The van der Waals surface area contributed by atoms with Gasteiger partial charge in [-0.15, -0.1) is 0 Å². The lowest BCUT2D eigenvalue weighted by molar-refractivity contribution is 0.0242. The highest BCUT2D eigenvalue weighted by Crippen LogP contribution is 2.23. The fraction of sp³-hybridized carbons (Fsp3) is 0.632. The van der Waals surface area contributed by atoms with Gasteiger partial charge in [0.25, 0.3) is 0 Å². The van der Waals surface area contributed by atoms with Crippen LogP contribution in [0, 0.1) is 0 Å². The second kappa shape index (κ2) is 10.3. The molecule has 140 valence electrons. The van der Waals surface area contributed by atoms with Gasteiger partial charge in [0.05, 0.1) is 19.3 Å². The zero-order valence-corrected chi connectivity index (χ0v) is 15.6. The summed E-state index contributed by atoms with van der Waals surface area (Å²) in [6, 6.07) is 7.94. The fourth-order valence-corrected chi connectivity index (χ4v) is 2.76. The third-order valence-electron chi connectivity index (χ3n) is 4.34. The summed E-state index contributed by atoms with van der Waals surface area (Å²) >= 11 is 0. The minimum absolute atomic E-state index is 0.0703. The molecule has 0 bridgehead atoms. The Hall–Kier alpha value is -1.79. The number of rotatable bonds is 9. The van der Waals surface area contributed by atoms with Gasteiger partial charge < -0.3 is 24.8 Å². The number of nitrogens with one attached hydrogen (secondary N) is 2. The van der Waals surface area contributed by atoms with Crippen molar-refractivity contribution >= 4 is 5.96 Å². The van der Waals surface area contributed by atoms with E-state index in [2.05, 4.69) is 22.5 Å². The number of methoxy groups -OCH3 is 1. The first-order valence-electron chi connectivity index (χ1n) is 8.94. The third kappa shape index (κ3) is 6.92. The van der Waals surface area contributed by atoms with Gasteiger partial charge >= 0.3 is 0 Å². The van der Waals surface area contributed by atoms with Gasteiger partial charge in [0, 0.05) is 33.4 Å². The lowest BCUT2D eigenvalue weighted by Gasteiger charge is -2.24. The predicted octanol–water partition coefficient (Wildman–Crippen LogP) is 2.34. The quantitative estimate of drug-likeness (QED) is 0.407. The fourth-order valence-electron chi connectivity index (χ4n) is 2.76. The molecule has 0 amide bonds. The summed E-state index contributed by atoms with van der Waals surface area (Å²) in [6.45, 7) is 5.92. The number of nitrogens with zero attached hydrogens (tertiary/aromatic N) is 1. The van der Waals surface area contributed by atoms with Gasteiger partial charge in [0.1, 0.15) is 5.75 Å². The molecule has 1 aromatic carbocycles. The predicted molar refractivity (Wildman–Crippen MR) is 100 cm³/mol. The first-order valence-corrected chi connectivity index (χ1v) is 8.94. The smallest absolute Gasteiger partial charge is 0.191 e. The van der Waals surface area contributed by atoms with Gasteiger partial charge in [-0.25, -0.2) is 0 Å². The molecule has 0 spiro atoms. The van der Waals surface area contributed by atoms with Crippen LogP contribution in [0.1, 0.15) is 31.7 Å². The van der Waals surface area contributed by atoms with E-state index in [9.17, 15) is 0 Å². The first kappa shape index (κ1) is 19.5. The zero-order valence-electron chi connectivity index (χ0n) is 15.6. The molecule has 1 aromatic rings. The highest BCUT2D eigenvalue weighted by atomic mass is 16.5. The van der Waals surface area contributed by atoms with E-state index in [4.69, 9.17) is 14.2 Å². The van der Waals surface area contributed by atoms with Crippen LogP contribution < -0.4 is 15.4 Å². The number of benzene rings is 1. The van der Waals surface area contributed by atoms with Crippen LogP contribution in [0.25, 0.3) is 0 Å². The zero-order chi connectivity index (χ0) is 18.0. The Morgan fingerprint density at radius 1 is 1.28 bits per heavy atom. The van der Waals surface area contributed by atoms with Crippen LogP contribution in [0.3, 0.4) is 0 Å². The standard InChI is InChI=1S/C19H31N3O3/c1-19(10-4-13-25-19)15-22-18(20-2)21-11-5-12-24-14-16-6-8-17(23-3)9-7-16/h6-9H,4-5,10-15H2,1-3H3,(H2,20,21,22). The number of hydrogen-bond donors (Lipinski definition) is 2. The van der Waals surface area contributed by atoms with Crippen LogP contribution in [0.15, 0.2) is 29.3 Å². The van der Waals surface area contributed by atoms with Crippen molar-refractivity contribution in [2.75, 3.05) is 40.5 Å². The molecule has 6 nitrogen and oxygen atoms in total. The van der Waals surface area contributed by atoms with E-state index in [0.717, 1.165) is 56.2 Å². The van der Waals surface area contributed by atoms with Crippen molar-refractivity contribution < 1.29 is 14.2 Å². The van der Waals surface area contributed by atoms with Crippen molar-refractivity contribution in [1.29, 1.82) is 0 Å². The van der Waals surface area contributed by atoms with Crippen molar-refractivity contribution in [2.45, 2.75) is 38.4 Å². The molecule has 0 aliphatic carbocycles. The van der Waals surface area contributed by atoms with E-state index in [1.54, 1.807) is 14.2 Å². The van der Waals surface area contributed by atoms with Crippen LogP contribution >= 0.6 is 0 Å². The van der Waals surface area contributed by atoms with Crippen molar-refractivity contribution in [2.24, 2.45) is 4.99 Å². The summed E-state index contributed by atoms with van der Waals surface area (Å²) < 4.78 is 16.6. The van der Waals surface area contributed by atoms with Gasteiger partial charge in [-0.1, -0.05) is 12.1 Å². The minimum Gasteiger partial charge on any atom is -0.497 e. The van der Waals surface area contributed by atoms with Gasteiger partial charge in [0.2, 0.25) is 0 Å². The van der Waals surface area contributed by atoms with Crippen molar-refractivity contribution in [1.82, 2.24) is 10.6 Å². The molecule has 1 atom stereocenters. The Morgan fingerprint density at radius 2 is 2.08 bits per heavy atom. The molecule has 1 unspecified atom stereocenters. The highest BCUT2D eigenvalue weighted by Gasteiger charge is 2.29. The van der Waals surface area contributed by atoms with Gasteiger partial charge in [0.15, 0.2) is 5.96 Å². The largest absolute Gasteiger partial charge is 0.497 e. The number of aliphatic imine (C=N–C) groups is 1. The van der Waals surface area contributed by atoms with Crippen LogP contribution in [0.4, 0.5) is 0 Å². The maximum Gasteiger partial charge on any atom is 0.191 e. The number of ether oxygens (including phenoxy) is 3. The summed E-state index contributed by atoms with van der Waals surface area (Å²) in [5, 5.41) is 6.65. The molecular formula is C19H31N3O3. The third-order valence-corrected chi connectivity index (χ3v) is 4.34. The van der Waals surface area contributed by atoms with Crippen molar-refractivity contribution in [3.8, 4) is 5.75 Å². The van der Waals surface area contributed by atoms with Crippen molar-refractivity contribution in [3.05, 3.63) is 29.8 Å². The molecule has 1 aliphatic heterocycles. The second-order valence-corrected chi connectivity index (χ2v) is 6.51. The van der Waals surface area contributed by atoms with Gasteiger partial charge in [-0.3, -0.25) is 4.99 Å². The molecule has 25 heavy (non-hydrogen) atoms. The van der Waals surface area contributed by atoms with E-state index in [1.165, 1.54) is 0 Å². The molecule has 0 saturated carbocycles. The van der Waals surface area contributed by atoms with Gasteiger partial charge in [-0.2, -0.15) is 0 Å². The van der Waals surface area contributed by atoms with E-state index < -0.39 is 0 Å². The second-order valence-electron chi connectivity index (χ2n) is 6.51. The molecule has 1 saturated heterocycles. The monoisotopic (exact) mass is 349 g/mol. The molecular weight excluding hydrogens is 318 g/mol. The molecule has 2 rings (SSSR count). The number of hydrogen-bond acceptors (Lipinski definition) is 4. The van der Waals surface area contributed by atoms with Gasteiger partial charge in [-0.05, 0) is 43.9 Å². The normalized spacial score (nSPS) is 20.5. The van der Waals surface area contributed by atoms with Crippen LogP contribution in [0.5, 0.6) is 5.75 Å². The molecule has 2 N–H and O–H groups in total. The maximum atomic E-state index is 5.78. The molecule has 1 heterocycles. The van der Waals surface area contributed by atoms with Crippen LogP contribution in [0.2, 0.25) is 0 Å².